The Kier molecular flexibility index (Phi) is 9.71. The number of guanidine groups is 1. The van der Waals surface area contributed by atoms with Gasteiger partial charge in [-0.2, -0.15) is 8.78 Å². The van der Waals surface area contributed by atoms with Gasteiger partial charge in [0.25, 0.3) is 0 Å². The predicted octanol–water partition coefficient (Wildman–Crippen LogP) is 4.24. The van der Waals surface area contributed by atoms with Gasteiger partial charge in [-0.25, -0.2) is 4.99 Å². The molecule has 2 N–H and O–H groups in total. The van der Waals surface area contributed by atoms with Crippen molar-refractivity contribution < 1.29 is 23.0 Å². The van der Waals surface area contributed by atoms with E-state index in [4.69, 9.17) is 9.47 Å². The second-order valence-electron chi connectivity index (χ2n) is 7.48. The molecule has 2 aromatic carbocycles. The molecule has 1 heterocycles. The lowest BCUT2D eigenvalue weighted by atomic mass is 10.1. The van der Waals surface area contributed by atoms with Crippen LogP contribution in [0.5, 0.6) is 5.75 Å². The van der Waals surface area contributed by atoms with Crippen LogP contribution in [0.15, 0.2) is 53.5 Å². The molecule has 6 nitrogen and oxygen atoms in total. The zero-order valence-electron chi connectivity index (χ0n) is 18.4. The molecule has 0 bridgehead atoms. The van der Waals surface area contributed by atoms with E-state index in [1.807, 2.05) is 19.1 Å². The Morgan fingerprint density at radius 3 is 2.66 bits per heavy atom. The molecule has 0 saturated carbocycles. The normalized spacial score (nSPS) is 15.1. The minimum atomic E-state index is -2.86. The fraction of sp³-hybridized carbons (Fsp3) is 0.458. The van der Waals surface area contributed by atoms with E-state index in [2.05, 4.69) is 32.5 Å². The molecule has 0 amide bonds. The highest BCUT2D eigenvalue weighted by Gasteiger charge is 2.14. The van der Waals surface area contributed by atoms with E-state index in [0.29, 0.717) is 37.8 Å². The number of nitrogens with zero attached hydrogens (tertiary/aromatic N) is 1. The third-order valence-electron chi connectivity index (χ3n) is 5.04. The summed E-state index contributed by atoms with van der Waals surface area (Å²) in [6.45, 7) is 2.68. The molecule has 0 aromatic heterocycles. The third-order valence-corrected chi connectivity index (χ3v) is 5.04. The molecular formula is C24H31F2N3O3. The molecule has 0 atom stereocenters. The van der Waals surface area contributed by atoms with Crippen LogP contribution in [0.4, 0.5) is 8.78 Å². The van der Waals surface area contributed by atoms with Crippen molar-refractivity contribution in [2.45, 2.75) is 52.2 Å². The number of aliphatic imine (C=N–C) groups is 1. The maximum atomic E-state index is 12.6. The van der Waals surface area contributed by atoms with Crippen LogP contribution in [0.2, 0.25) is 0 Å². The number of halogens is 2. The summed E-state index contributed by atoms with van der Waals surface area (Å²) < 4.78 is 41.2. The average molecular weight is 448 g/mol. The fourth-order valence-corrected chi connectivity index (χ4v) is 3.43. The first-order valence-corrected chi connectivity index (χ1v) is 11.0. The molecule has 8 heteroatoms. The number of hydrogen-bond donors (Lipinski definition) is 2. The summed E-state index contributed by atoms with van der Waals surface area (Å²) in [5.74, 6) is 0.756. The molecule has 0 aliphatic carbocycles. The number of rotatable bonds is 10. The highest BCUT2D eigenvalue weighted by molar-refractivity contribution is 5.79. The first kappa shape index (κ1) is 23.9. The number of hydrogen-bond acceptors (Lipinski definition) is 4. The summed E-state index contributed by atoms with van der Waals surface area (Å²) >= 11 is 0. The van der Waals surface area contributed by atoms with Crippen LogP contribution in [0.25, 0.3) is 0 Å². The summed E-state index contributed by atoms with van der Waals surface area (Å²) in [6, 6.07) is 14.9. The van der Waals surface area contributed by atoms with Gasteiger partial charge in [-0.1, -0.05) is 42.5 Å². The number of alkyl halides is 2. The van der Waals surface area contributed by atoms with Gasteiger partial charge in [-0.3, -0.25) is 0 Å². The van der Waals surface area contributed by atoms with Crippen LogP contribution >= 0.6 is 0 Å². The van der Waals surface area contributed by atoms with E-state index in [9.17, 15) is 8.78 Å². The second kappa shape index (κ2) is 13.0. The van der Waals surface area contributed by atoms with Crippen molar-refractivity contribution in [1.82, 2.24) is 10.6 Å². The SMILES string of the molecule is CCNC(=NCc1cccc(COC2CCOCC2)c1)NCc1ccccc1OC(F)F. The van der Waals surface area contributed by atoms with Crippen LogP contribution in [0.3, 0.4) is 0 Å². The standard InChI is InChI=1S/C24H31F2N3O3/c1-2-27-24(29-16-20-8-3-4-9-22(20)32-23(25)26)28-15-18-6-5-7-19(14-18)17-31-21-10-12-30-13-11-21/h3-9,14,21,23H,2,10-13,15-17H2,1H3,(H2,27,28,29). The predicted molar refractivity (Wildman–Crippen MR) is 120 cm³/mol. The lowest BCUT2D eigenvalue weighted by Gasteiger charge is -2.22. The molecule has 0 radical (unpaired) electrons. The van der Waals surface area contributed by atoms with Gasteiger partial charge in [0.05, 0.1) is 19.3 Å². The maximum Gasteiger partial charge on any atom is 0.387 e. The van der Waals surface area contributed by atoms with E-state index in [1.165, 1.54) is 6.07 Å². The Balaban J connectivity index is 1.56. The smallest absolute Gasteiger partial charge is 0.387 e. The van der Waals surface area contributed by atoms with E-state index in [0.717, 1.165) is 37.2 Å². The number of para-hydroxylation sites is 1. The van der Waals surface area contributed by atoms with Crippen molar-refractivity contribution in [1.29, 1.82) is 0 Å². The fourth-order valence-electron chi connectivity index (χ4n) is 3.43. The Labute approximate surface area is 188 Å². The first-order valence-electron chi connectivity index (χ1n) is 11.0. The van der Waals surface area contributed by atoms with Gasteiger partial charge < -0.3 is 24.8 Å². The van der Waals surface area contributed by atoms with Gasteiger partial charge in [-0.15, -0.1) is 0 Å². The lowest BCUT2D eigenvalue weighted by Crippen LogP contribution is -2.36. The van der Waals surface area contributed by atoms with Crippen LogP contribution < -0.4 is 15.4 Å². The van der Waals surface area contributed by atoms with Crippen LogP contribution in [0, 0.1) is 0 Å². The van der Waals surface area contributed by atoms with E-state index < -0.39 is 6.61 Å². The Bertz CT molecular complexity index is 858. The van der Waals surface area contributed by atoms with Crippen molar-refractivity contribution >= 4 is 5.96 Å². The first-order chi connectivity index (χ1) is 15.6. The van der Waals surface area contributed by atoms with E-state index in [-0.39, 0.29) is 11.9 Å². The summed E-state index contributed by atoms with van der Waals surface area (Å²) in [5, 5.41) is 6.36. The molecule has 2 aromatic rings. The maximum absolute atomic E-state index is 12.6. The van der Waals surface area contributed by atoms with Gasteiger partial charge in [-0.05, 0) is 37.0 Å². The topological polar surface area (TPSA) is 64.1 Å². The van der Waals surface area contributed by atoms with Gasteiger partial charge in [0, 0.05) is 31.9 Å². The van der Waals surface area contributed by atoms with Gasteiger partial charge in [0.1, 0.15) is 5.75 Å². The average Bonchev–Trinajstić information content (AvgIpc) is 2.81. The molecular weight excluding hydrogens is 416 g/mol. The van der Waals surface area contributed by atoms with Gasteiger partial charge in [0.15, 0.2) is 5.96 Å². The minimum Gasteiger partial charge on any atom is -0.434 e. The largest absolute Gasteiger partial charge is 0.434 e. The van der Waals surface area contributed by atoms with Crippen LogP contribution in [0.1, 0.15) is 36.5 Å². The van der Waals surface area contributed by atoms with Crippen molar-refractivity contribution in [3.63, 3.8) is 0 Å². The van der Waals surface area contributed by atoms with Crippen molar-refractivity contribution in [2.24, 2.45) is 4.99 Å². The van der Waals surface area contributed by atoms with E-state index >= 15 is 0 Å². The number of benzene rings is 2. The summed E-state index contributed by atoms with van der Waals surface area (Å²) in [7, 11) is 0. The highest BCUT2D eigenvalue weighted by atomic mass is 19.3. The van der Waals surface area contributed by atoms with Gasteiger partial charge in [0.2, 0.25) is 0 Å². The molecule has 1 aliphatic heterocycles. The Morgan fingerprint density at radius 2 is 1.88 bits per heavy atom. The minimum absolute atomic E-state index is 0.156. The van der Waals surface area contributed by atoms with Crippen LogP contribution in [-0.2, 0) is 29.2 Å². The van der Waals surface area contributed by atoms with Gasteiger partial charge >= 0.3 is 6.61 Å². The molecule has 1 fully saturated rings. The molecule has 1 aliphatic rings. The van der Waals surface area contributed by atoms with Crippen molar-refractivity contribution in [3.8, 4) is 5.75 Å². The molecule has 32 heavy (non-hydrogen) atoms. The zero-order chi connectivity index (χ0) is 22.6. The molecule has 0 unspecified atom stereocenters. The highest BCUT2D eigenvalue weighted by Crippen LogP contribution is 2.20. The number of ether oxygens (including phenoxy) is 3. The third kappa shape index (κ3) is 8.09. The Morgan fingerprint density at radius 1 is 1.09 bits per heavy atom. The van der Waals surface area contributed by atoms with Crippen LogP contribution in [-0.4, -0.2) is 38.4 Å². The summed E-state index contributed by atoms with van der Waals surface area (Å²) in [4.78, 5) is 4.63. The molecule has 174 valence electrons. The molecule has 1 saturated heterocycles. The number of nitrogens with one attached hydrogen (secondary N) is 2. The zero-order valence-corrected chi connectivity index (χ0v) is 18.4. The monoisotopic (exact) mass is 447 g/mol. The summed E-state index contributed by atoms with van der Waals surface area (Å²) in [5.41, 5.74) is 2.81. The van der Waals surface area contributed by atoms with Crippen molar-refractivity contribution in [3.05, 3.63) is 65.2 Å². The quantitative estimate of drug-likeness (QED) is 0.421. The molecule has 3 rings (SSSR count). The lowest BCUT2D eigenvalue weighted by molar-refractivity contribution is -0.0504. The van der Waals surface area contributed by atoms with E-state index in [1.54, 1.807) is 18.2 Å². The second-order valence-corrected chi connectivity index (χ2v) is 7.48. The van der Waals surface area contributed by atoms with Crippen molar-refractivity contribution in [2.75, 3.05) is 19.8 Å². The summed E-state index contributed by atoms with van der Waals surface area (Å²) in [6.07, 6.45) is 2.13. The molecule has 0 spiro atoms. The Hall–Kier alpha value is -2.71.